The number of methoxy groups -OCH3 is 1. The molecule has 10 nitrogen and oxygen atoms in total. The highest BCUT2D eigenvalue weighted by Gasteiger charge is 2.20. The molecule has 0 spiro atoms. The fraction of sp³-hybridized carbons (Fsp3) is 0.150. The van der Waals surface area contributed by atoms with Crippen LogP contribution in [0.4, 0.5) is 11.4 Å². The molecule has 1 heterocycles. The fourth-order valence-electron chi connectivity index (χ4n) is 2.51. The molecule has 0 fully saturated rings. The molecule has 1 unspecified atom stereocenters. The molecule has 3 aromatic rings. The Morgan fingerprint density at radius 1 is 1.27 bits per heavy atom. The third kappa shape index (κ3) is 4.79. The number of amides is 1. The van der Waals surface area contributed by atoms with Crippen LogP contribution in [0.3, 0.4) is 0 Å². The van der Waals surface area contributed by atoms with Crippen molar-refractivity contribution >= 4 is 40.4 Å². The zero-order valence-corrected chi connectivity index (χ0v) is 16.0. The molecular weight excluding hydrogens is 394 g/mol. The molecular formula is C20H17N3O7. The third-order valence-electron chi connectivity index (χ3n) is 3.99. The fourth-order valence-corrected chi connectivity index (χ4v) is 2.51. The topological polar surface area (TPSA) is 134 Å². The number of anilines is 1. The molecule has 1 atom stereocenters. The van der Waals surface area contributed by atoms with Gasteiger partial charge in [0, 0.05) is 24.3 Å². The van der Waals surface area contributed by atoms with Crippen molar-refractivity contribution in [2.45, 2.75) is 13.0 Å². The lowest BCUT2D eigenvalue weighted by molar-refractivity contribution is -0.384. The van der Waals surface area contributed by atoms with Gasteiger partial charge in [0.15, 0.2) is 11.7 Å². The Balaban J connectivity index is 1.63. The second-order valence-electron chi connectivity index (χ2n) is 6.06. The van der Waals surface area contributed by atoms with Gasteiger partial charge in [-0.2, -0.15) is 0 Å². The van der Waals surface area contributed by atoms with Gasteiger partial charge in [0.2, 0.25) is 5.89 Å². The molecule has 1 aromatic heterocycles. The maximum absolute atomic E-state index is 12.3. The second kappa shape index (κ2) is 8.86. The number of carbonyl (C=O) groups is 2. The van der Waals surface area contributed by atoms with Crippen LogP contribution in [0.25, 0.3) is 17.2 Å². The lowest BCUT2D eigenvalue weighted by Gasteiger charge is -2.14. The summed E-state index contributed by atoms with van der Waals surface area (Å²) < 4.78 is 15.6. The molecule has 3 rings (SSSR count). The van der Waals surface area contributed by atoms with Crippen LogP contribution in [0.2, 0.25) is 0 Å². The Labute approximate surface area is 170 Å². The van der Waals surface area contributed by atoms with E-state index in [9.17, 15) is 19.7 Å². The van der Waals surface area contributed by atoms with Crippen molar-refractivity contribution in [2.24, 2.45) is 0 Å². The minimum atomic E-state index is -1.17. The molecule has 0 aliphatic carbocycles. The Morgan fingerprint density at radius 3 is 2.73 bits per heavy atom. The highest BCUT2D eigenvalue weighted by atomic mass is 16.6. The summed E-state index contributed by atoms with van der Waals surface area (Å²) in [6.45, 7) is 1.37. The zero-order valence-electron chi connectivity index (χ0n) is 16.0. The largest absolute Gasteiger partial charge is 0.495 e. The van der Waals surface area contributed by atoms with Gasteiger partial charge in [0.25, 0.3) is 11.6 Å². The predicted octanol–water partition coefficient (Wildman–Crippen LogP) is 3.33. The molecule has 1 N–H and O–H groups in total. The van der Waals surface area contributed by atoms with Crippen LogP contribution in [0.1, 0.15) is 12.8 Å². The van der Waals surface area contributed by atoms with Gasteiger partial charge in [-0.1, -0.05) is 12.1 Å². The van der Waals surface area contributed by atoms with E-state index in [2.05, 4.69) is 10.3 Å². The number of oxazole rings is 1. The first-order chi connectivity index (χ1) is 14.4. The first-order valence-corrected chi connectivity index (χ1v) is 8.75. The molecule has 0 saturated heterocycles. The van der Waals surface area contributed by atoms with Gasteiger partial charge in [-0.25, -0.2) is 9.78 Å². The lowest BCUT2D eigenvalue weighted by atomic mass is 10.2. The number of carbonyl (C=O) groups excluding carboxylic acids is 2. The summed E-state index contributed by atoms with van der Waals surface area (Å²) in [6.07, 6.45) is 1.24. The molecule has 2 aromatic carbocycles. The summed E-state index contributed by atoms with van der Waals surface area (Å²) in [4.78, 5) is 38.8. The number of nitro benzene ring substituents is 1. The minimum absolute atomic E-state index is 0.0848. The first-order valence-electron chi connectivity index (χ1n) is 8.75. The van der Waals surface area contributed by atoms with Crippen LogP contribution in [-0.2, 0) is 14.3 Å². The Morgan fingerprint density at radius 2 is 2.03 bits per heavy atom. The van der Waals surface area contributed by atoms with Gasteiger partial charge >= 0.3 is 5.97 Å². The third-order valence-corrected chi connectivity index (χ3v) is 3.99. The van der Waals surface area contributed by atoms with E-state index in [4.69, 9.17) is 13.9 Å². The number of nitrogens with one attached hydrogen (secondary N) is 1. The molecule has 154 valence electrons. The maximum Gasteiger partial charge on any atom is 0.331 e. The Bertz CT molecular complexity index is 1100. The summed E-state index contributed by atoms with van der Waals surface area (Å²) in [5.74, 6) is -1.03. The van der Waals surface area contributed by atoms with Gasteiger partial charge in [0.1, 0.15) is 11.3 Å². The Hall–Kier alpha value is -4.21. The van der Waals surface area contributed by atoms with E-state index in [0.29, 0.717) is 11.1 Å². The average molecular weight is 411 g/mol. The molecule has 30 heavy (non-hydrogen) atoms. The second-order valence-corrected chi connectivity index (χ2v) is 6.06. The SMILES string of the molecule is COc1ccc([N+](=O)[O-])cc1NC(=O)C(C)OC(=O)/C=C/c1nc2ccccc2o1. The molecule has 0 saturated carbocycles. The van der Waals surface area contributed by atoms with E-state index in [1.807, 2.05) is 6.07 Å². The van der Waals surface area contributed by atoms with Gasteiger partial charge in [0.05, 0.1) is 17.7 Å². The molecule has 1 amide bonds. The normalized spacial score (nSPS) is 11.9. The number of non-ortho nitro benzene ring substituents is 1. The number of nitro groups is 1. The number of hydrogen-bond acceptors (Lipinski definition) is 8. The van der Waals surface area contributed by atoms with Gasteiger partial charge < -0.3 is 19.2 Å². The Kier molecular flexibility index (Phi) is 6.06. The van der Waals surface area contributed by atoms with Crippen LogP contribution >= 0.6 is 0 Å². The van der Waals surface area contributed by atoms with Crippen molar-refractivity contribution in [3.05, 3.63) is 64.5 Å². The van der Waals surface area contributed by atoms with Crippen LogP contribution < -0.4 is 10.1 Å². The molecule has 0 aliphatic heterocycles. The van der Waals surface area contributed by atoms with E-state index in [1.54, 1.807) is 18.2 Å². The average Bonchev–Trinajstić information content (AvgIpc) is 3.15. The molecule has 0 bridgehead atoms. The van der Waals surface area contributed by atoms with Crippen molar-refractivity contribution in [2.75, 3.05) is 12.4 Å². The monoisotopic (exact) mass is 411 g/mol. The smallest absolute Gasteiger partial charge is 0.331 e. The van der Waals surface area contributed by atoms with E-state index >= 15 is 0 Å². The summed E-state index contributed by atoms with van der Waals surface area (Å²) in [5, 5.41) is 13.4. The van der Waals surface area contributed by atoms with Crippen molar-refractivity contribution in [3.63, 3.8) is 0 Å². The zero-order chi connectivity index (χ0) is 21.7. The first kappa shape index (κ1) is 20.5. The van der Waals surface area contributed by atoms with Gasteiger partial charge in [-0.05, 0) is 25.1 Å². The number of fused-ring (bicyclic) bond motifs is 1. The van der Waals surface area contributed by atoms with Crippen LogP contribution in [0, 0.1) is 10.1 Å². The number of aromatic nitrogens is 1. The minimum Gasteiger partial charge on any atom is -0.495 e. The van der Waals surface area contributed by atoms with Crippen molar-refractivity contribution < 1.29 is 28.4 Å². The maximum atomic E-state index is 12.3. The predicted molar refractivity (Wildman–Crippen MR) is 107 cm³/mol. The summed E-state index contributed by atoms with van der Waals surface area (Å²) in [5.41, 5.74) is 1.08. The van der Waals surface area contributed by atoms with E-state index in [-0.39, 0.29) is 23.0 Å². The highest BCUT2D eigenvalue weighted by molar-refractivity contribution is 5.97. The van der Waals surface area contributed by atoms with Crippen molar-refractivity contribution in [3.8, 4) is 5.75 Å². The van der Waals surface area contributed by atoms with Crippen LogP contribution in [-0.4, -0.2) is 35.0 Å². The number of benzene rings is 2. The number of hydrogen-bond donors (Lipinski definition) is 1. The summed E-state index contributed by atoms with van der Waals surface area (Å²) >= 11 is 0. The van der Waals surface area contributed by atoms with Gasteiger partial charge in [-0.15, -0.1) is 0 Å². The number of ether oxygens (including phenoxy) is 2. The van der Waals surface area contributed by atoms with E-state index < -0.39 is 22.9 Å². The number of esters is 1. The molecule has 0 aliphatic rings. The quantitative estimate of drug-likeness (QED) is 0.271. The number of nitrogens with zero attached hydrogens (tertiary/aromatic N) is 2. The highest BCUT2D eigenvalue weighted by Crippen LogP contribution is 2.29. The van der Waals surface area contributed by atoms with E-state index in [0.717, 1.165) is 12.1 Å². The van der Waals surface area contributed by atoms with Crippen LogP contribution in [0.15, 0.2) is 53.0 Å². The summed E-state index contributed by atoms with van der Waals surface area (Å²) in [7, 11) is 1.36. The molecule has 0 radical (unpaired) electrons. The van der Waals surface area contributed by atoms with E-state index in [1.165, 1.54) is 32.2 Å². The molecule has 10 heteroatoms. The van der Waals surface area contributed by atoms with Crippen molar-refractivity contribution in [1.29, 1.82) is 0 Å². The standard InChI is InChI=1S/C20H17N3O7/c1-12(20(25)22-15-11-13(23(26)27)7-8-16(15)28-2)29-19(24)10-9-18-21-14-5-3-4-6-17(14)30-18/h3-12H,1-2H3,(H,22,25)/b10-9+. The number of rotatable bonds is 7. The number of para-hydroxylation sites is 2. The lowest BCUT2D eigenvalue weighted by Crippen LogP contribution is -2.29. The summed E-state index contributed by atoms with van der Waals surface area (Å²) in [6, 6.07) is 10.9. The van der Waals surface area contributed by atoms with Gasteiger partial charge in [-0.3, -0.25) is 14.9 Å². The van der Waals surface area contributed by atoms with Crippen LogP contribution in [0.5, 0.6) is 5.75 Å². The van der Waals surface area contributed by atoms with Crippen molar-refractivity contribution in [1.82, 2.24) is 4.98 Å².